The van der Waals surface area contributed by atoms with Crippen molar-refractivity contribution in [2.75, 3.05) is 11.9 Å². The molecule has 1 heterocycles. The predicted octanol–water partition coefficient (Wildman–Crippen LogP) is 4.80. The van der Waals surface area contributed by atoms with Crippen LogP contribution in [0.15, 0.2) is 35.5 Å². The molecule has 0 unspecified atom stereocenters. The largest absolute Gasteiger partial charge is 0.478 e. The normalized spacial score (nSPS) is 14.9. The summed E-state index contributed by atoms with van der Waals surface area (Å²) < 4.78 is 0. The zero-order valence-corrected chi connectivity index (χ0v) is 16.8. The van der Waals surface area contributed by atoms with Crippen LogP contribution >= 0.6 is 11.8 Å². The molecule has 3 rings (SSSR count). The minimum Gasteiger partial charge on any atom is -0.478 e. The van der Waals surface area contributed by atoms with Crippen LogP contribution in [0.1, 0.15) is 60.6 Å². The van der Waals surface area contributed by atoms with E-state index in [0.29, 0.717) is 17.4 Å². The highest BCUT2D eigenvalue weighted by molar-refractivity contribution is 7.98. The van der Waals surface area contributed by atoms with E-state index >= 15 is 0 Å². The van der Waals surface area contributed by atoms with Crippen LogP contribution in [0.25, 0.3) is 0 Å². The van der Waals surface area contributed by atoms with E-state index in [9.17, 15) is 4.79 Å². The van der Waals surface area contributed by atoms with Crippen molar-refractivity contribution in [1.29, 1.82) is 0 Å². The van der Waals surface area contributed by atoms with Gasteiger partial charge in [-0.15, -0.1) is 0 Å². The van der Waals surface area contributed by atoms with Gasteiger partial charge in [0.05, 0.1) is 5.56 Å². The fourth-order valence-corrected chi connectivity index (χ4v) is 4.30. The molecule has 0 amide bonds. The number of anilines is 1. The summed E-state index contributed by atoms with van der Waals surface area (Å²) in [6, 6.07) is 9.71. The summed E-state index contributed by atoms with van der Waals surface area (Å²) in [5, 5.41) is 9.90. The van der Waals surface area contributed by atoms with Gasteiger partial charge in [0.25, 0.3) is 0 Å². The van der Waals surface area contributed by atoms with Crippen LogP contribution in [-0.4, -0.2) is 34.1 Å². The van der Waals surface area contributed by atoms with Crippen molar-refractivity contribution in [3.63, 3.8) is 0 Å². The Hall–Kier alpha value is -2.08. The van der Waals surface area contributed by atoms with E-state index in [1.54, 1.807) is 30.0 Å². The highest BCUT2D eigenvalue weighted by Gasteiger charge is 2.20. The second-order valence-corrected chi connectivity index (χ2v) is 7.99. The van der Waals surface area contributed by atoms with Gasteiger partial charge in [-0.2, -0.15) is 0 Å². The molecular weight excluding hydrogens is 358 g/mol. The van der Waals surface area contributed by atoms with E-state index in [1.165, 1.54) is 32.1 Å². The number of thioether (sulfide) groups is 1. The Morgan fingerprint density at radius 3 is 2.70 bits per heavy atom. The van der Waals surface area contributed by atoms with Crippen molar-refractivity contribution in [2.24, 2.45) is 0 Å². The number of carbonyl (C=O) groups is 1. The molecule has 0 saturated heterocycles. The molecule has 1 fully saturated rings. The van der Waals surface area contributed by atoms with Crippen LogP contribution < -0.4 is 4.90 Å². The highest BCUT2D eigenvalue weighted by Crippen LogP contribution is 2.28. The van der Waals surface area contributed by atoms with Crippen molar-refractivity contribution in [3.05, 3.63) is 47.2 Å². The highest BCUT2D eigenvalue weighted by atomic mass is 32.2. The summed E-state index contributed by atoms with van der Waals surface area (Å²) in [4.78, 5) is 22.9. The zero-order chi connectivity index (χ0) is 19.2. The summed E-state index contributed by atoms with van der Waals surface area (Å²) in [6.07, 6.45) is 7.25. The van der Waals surface area contributed by atoms with E-state index in [1.807, 2.05) is 6.07 Å². The Balaban J connectivity index is 1.75. The number of hydrogen-bond acceptors (Lipinski definition) is 5. The van der Waals surface area contributed by atoms with E-state index < -0.39 is 5.97 Å². The topological polar surface area (TPSA) is 66.3 Å². The van der Waals surface area contributed by atoms with Crippen molar-refractivity contribution in [2.45, 2.75) is 62.4 Å². The Morgan fingerprint density at radius 2 is 2.00 bits per heavy atom. The number of rotatable bonds is 7. The number of nitrogens with zero attached hydrogens (tertiary/aromatic N) is 3. The molecule has 1 aliphatic rings. The first-order valence-corrected chi connectivity index (χ1v) is 10.6. The fraction of sp³-hybridized carbons (Fsp3) is 0.476. The third-order valence-corrected chi connectivity index (χ3v) is 6.05. The Kier molecular flexibility index (Phi) is 6.72. The lowest BCUT2D eigenvalue weighted by Crippen LogP contribution is -2.34. The molecule has 0 bridgehead atoms. The standard InChI is InChI=1S/C21H27N3O2S/c1-3-17-13-19(24(2)18-10-5-4-6-11-18)23-21(22-17)27-14-15-8-7-9-16(12-15)20(25)26/h7-9,12-13,18H,3-6,10-11,14H2,1-2H3,(H,25,26). The first-order chi connectivity index (χ1) is 13.1. The predicted molar refractivity (Wildman–Crippen MR) is 110 cm³/mol. The summed E-state index contributed by atoms with van der Waals surface area (Å²) in [7, 11) is 2.14. The maximum Gasteiger partial charge on any atom is 0.335 e. The molecule has 1 saturated carbocycles. The molecule has 27 heavy (non-hydrogen) atoms. The summed E-state index contributed by atoms with van der Waals surface area (Å²) >= 11 is 1.56. The van der Waals surface area contributed by atoms with Gasteiger partial charge in [-0.3, -0.25) is 0 Å². The van der Waals surface area contributed by atoms with Gasteiger partial charge in [-0.05, 0) is 37.0 Å². The van der Waals surface area contributed by atoms with E-state index in [4.69, 9.17) is 10.1 Å². The molecule has 1 N–H and O–H groups in total. The lowest BCUT2D eigenvalue weighted by molar-refractivity contribution is 0.0697. The number of aromatic nitrogens is 2. The number of carboxylic acid groups (broad SMARTS) is 1. The fourth-order valence-electron chi connectivity index (χ4n) is 3.48. The van der Waals surface area contributed by atoms with Crippen molar-refractivity contribution < 1.29 is 9.90 Å². The number of benzene rings is 1. The number of carboxylic acids is 1. The first kappa shape index (κ1) is 19.7. The van der Waals surface area contributed by atoms with Crippen LogP contribution in [-0.2, 0) is 12.2 Å². The molecule has 0 spiro atoms. The summed E-state index contributed by atoms with van der Waals surface area (Å²) in [6.45, 7) is 2.11. The van der Waals surface area contributed by atoms with Crippen molar-refractivity contribution in [3.8, 4) is 0 Å². The molecular formula is C21H27N3O2S. The van der Waals surface area contributed by atoms with Gasteiger partial charge >= 0.3 is 5.97 Å². The monoisotopic (exact) mass is 385 g/mol. The summed E-state index contributed by atoms with van der Waals surface area (Å²) in [5.41, 5.74) is 2.33. The number of aryl methyl sites for hydroxylation is 1. The van der Waals surface area contributed by atoms with Gasteiger partial charge in [0.1, 0.15) is 5.82 Å². The van der Waals surface area contributed by atoms with Crippen LogP contribution in [0.2, 0.25) is 0 Å². The van der Waals surface area contributed by atoms with Crippen molar-refractivity contribution in [1.82, 2.24) is 9.97 Å². The van der Waals surface area contributed by atoms with Gasteiger partial charge in [0, 0.05) is 30.6 Å². The summed E-state index contributed by atoms with van der Waals surface area (Å²) in [5.74, 6) is 0.749. The maximum atomic E-state index is 11.1. The minimum atomic E-state index is -0.900. The smallest absolute Gasteiger partial charge is 0.335 e. The van der Waals surface area contributed by atoms with E-state index in [0.717, 1.165) is 28.7 Å². The molecule has 0 atom stereocenters. The van der Waals surface area contributed by atoms with E-state index in [2.05, 4.69) is 29.9 Å². The average molecular weight is 386 g/mol. The number of hydrogen-bond donors (Lipinski definition) is 1. The zero-order valence-electron chi connectivity index (χ0n) is 16.0. The van der Waals surface area contributed by atoms with Crippen LogP contribution in [0.4, 0.5) is 5.82 Å². The first-order valence-electron chi connectivity index (χ1n) is 9.62. The van der Waals surface area contributed by atoms with E-state index in [-0.39, 0.29) is 0 Å². The minimum absolute atomic E-state index is 0.314. The van der Waals surface area contributed by atoms with Crippen LogP contribution in [0.3, 0.4) is 0 Å². The Bertz CT molecular complexity index is 791. The second-order valence-electron chi connectivity index (χ2n) is 7.05. The molecule has 6 heteroatoms. The molecule has 1 aromatic heterocycles. The van der Waals surface area contributed by atoms with Crippen molar-refractivity contribution >= 4 is 23.5 Å². The molecule has 144 valence electrons. The SMILES string of the molecule is CCc1cc(N(C)C2CCCCC2)nc(SCc2cccc(C(=O)O)c2)n1. The molecule has 5 nitrogen and oxygen atoms in total. The lowest BCUT2D eigenvalue weighted by Gasteiger charge is -2.32. The molecule has 1 aromatic carbocycles. The third-order valence-electron chi connectivity index (χ3n) is 5.13. The molecule has 0 radical (unpaired) electrons. The third kappa shape index (κ3) is 5.22. The lowest BCUT2D eigenvalue weighted by atomic mass is 9.94. The molecule has 1 aliphatic carbocycles. The average Bonchev–Trinajstić information content (AvgIpc) is 2.72. The number of aromatic carboxylic acids is 1. The van der Waals surface area contributed by atoms with Gasteiger partial charge in [-0.25, -0.2) is 14.8 Å². The Labute approximate surface area is 165 Å². The molecule has 2 aromatic rings. The van der Waals surface area contributed by atoms with Gasteiger partial charge in [0.2, 0.25) is 0 Å². The Morgan fingerprint density at radius 1 is 1.22 bits per heavy atom. The van der Waals surface area contributed by atoms with Gasteiger partial charge < -0.3 is 10.0 Å². The van der Waals surface area contributed by atoms with Gasteiger partial charge in [-0.1, -0.05) is 50.1 Å². The maximum absolute atomic E-state index is 11.1. The quantitative estimate of drug-likeness (QED) is 0.545. The second kappa shape index (κ2) is 9.22. The van der Waals surface area contributed by atoms with Crippen LogP contribution in [0.5, 0.6) is 0 Å². The van der Waals surface area contributed by atoms with Gasteiger partial charge in [0.15, 0.2) is 5.16 Å². The molecule has 0 aliphatic heterocycles. The van der Waals surface area contributed by atoms with Crippen LogP contribution in [0, 0.1) is 0 Å².